The summed E-state index contributed by atoms with van der Waals surface area (Å²) in [7, 11) is -2.30. The zero-order chi connectivity index (χ0) is 10.9. The molecule has 9 heavy (non-hydrogen) atoms. The van der Waals surface area contributed by atoms with Gasteiger partial charge in [0.1, 0.15) is 0 Å². The summed E-state index contributed by atoms with van der Waals surface area (Å²) in [6.07, 6.45) is -2.67. The molecule has 0 bridgehead atoms. The minimum atomic E-state index is -2.67. The van der Waals surface area contributed by atoms with Gasteiger partial charge < -0.3 is 0 Å². The fourth-order valence-electron chi connectivity index (χ4n) is 0.444. The van der Waals surface area contributed by atoms with Crippen molar-refractivity contribution in [3.05, 3.63) is 30.3 Å². The fourth-order valence-corrected chi connectivity index (χ4v) is 0.795. The molecule has 0 spiro atoms. The van der Waals surface area contributed by atoms with Gasteiger partial charge in [-0.3, -0.25) is 4.21 Å². The zero-order valence-corrected chi connectivity index (χ0v) is 5.37. The number of hydrogen-bond donors (Lipinski definition) is 0. The van der Waals surface area contributed by atoms with Gasteiger partial charge in [-0.2, -0.15) is 0 Å². The summed E-state index contributed by atoms with van der Waals surface area (Å²) in [6, 6.07) is 3.73. The zero-order valence-electron chi connectivity index (χ0n) is 9.55. The van der Waals surface area contributed by atoms with Crippen molar-refractivity contribution < 1.29 is 11.1 Å². The topological polar surface area (TPSA) is 17.1 Å². The van der Waals surface area contributed by atoms with Crippen LogP contribution in [0.15, 0.2) is 35.2 Å². The van der Waals surface area contributed by atoms with Crippen LogP contribution in [0.25, 0.3) is 0 Å². The van der Waals surface area contributed by atoms with Gasteiger partial charge >= 0.3 is 0 Å². The van der Waals surface area contributed by atoms with Gasteiger partial charge in [-0.05, 0) is 12.1 Å². The van der Waals surface area contributed by atoms with Crippen molar-refractivity contribution in [3.8, 4) is 0 Å². The van der Waals surface area contributed by atoms with E-state index >= 15 is 0 Å². The maximum Gasteiger partial charge on any atom is 0.0635 e. The number of hydrogen-bond acceptors (Lipinski definition) is 1. The molecule has 0 aliphatic carbocycles. The van der Waals surface area contributed by atoms with Gasteiger partial charge in [0.05, 0.1) is 2.74 Å². The van der Waals surface area contributed by atoms with E-state index in [0.29, 0.717) is 0 Å². The molecule has 0 saturated carbocycles. The van der Waals surface area contributed by atoms with E-state index in [1.807, 2.05) is 0 Å². The van der Waals surface area contributed by atoms with Crippen LogP contribution >= 0.6 is 0 Å². The summed E-state index contributed by atoms with van der Waals surface area (Å²) in [6.45, 7) is 0. The minimum Gasteiger partial charge on any atom is -0.255 e. The van der Waals surface area contributed by atoms with Crippen LogP contribution in [0.4, 0.5) is 0 Å². The Bertz CT molecular complexity index is 353. The molecular formula is C7H8OS. The molecule has 0 aromatic heterocycles. The lowest BCUT2D eigenvalue weighted by Crippen LogP contribution is -1.83. The van der Waals surface area contributed by atoms with Crippen LogP contribution in [0.5, 0.6) is 0 Å². The van der Waals surface area contributed by atoms with E-state index < -0.39 is 17.0 Å². The van der Waals surface area contributed by atoms with E-state index in [1.165, 1.54) is 18.2 Å². The van der Waals surface area contributed by atoms with Crippen molar-refractivity contribution in [3.63, 3.8) is 0 Å². The van der Waals surface area contributed by atoms with Gasteiger partial charge in [0.2, 0.25) is 0 Å². The molecule has 1 atom stereocenters. The Kier molecular flexibility index (Phi) is 0.786. The first-order chi connectivity index (χ1) is 6.34. The molecule has 0 aliphatic rings. The third kappa shape index (κ3) is 1.64. The van der Waals surface area contributed by atoms with E-state index in [2.05, 4.69) is 0 Å². The molecule has 1 rings (SSSR count). The van der Waals surface area contributed by atoms with E-state index in [1.54, 1.807) is 0 Å². The molecule has 0 fully saturated rings. The first-order valence-corrected chi connectivity index (χ1v) is 3.47. The second kappa shape index (κ2) is 2.78. The maximum absolute atomic E-state index is 11.4. The van der Waals surface area contributed by atoms with Crippen LogP contribution in [-0.2, 0) is 10.8 Å². The molecule has 1 aromatic rings. The first-order valence-electron chi connectivity index (χ1n) is 4.82. The highest BCUT2D eigenvalue weighted by Crippen LogP contribution is 2.01. The van der Waals surface area contributed by atoms with E-state index in [-0.39, 0.29) is 17.0 Å². The highest BCUT2D eigenvalue weighted by molar-refractivity contribution is 7.84. The Labute approximate surface area is 64.2 Å². The van der Waals surface area contributed by atoms with Crippen LogP contribution in [0, 0.1) is 0 Å². The maximum atomic E-state index is 11.4. The van der Waals surface area contributed by atoms with Crippen molar-refractivity contribution in [1.29, 1.82) is 0 Å². The molecule has 48 valence electrons. The lowest BCUT2D eigenvalue weighted by Gasteiger charge is -1.90. The molecule has 0 aliphatic heterocycles. The molecule has 0 radical (unpaired) electrons. The summed E-state index contributed by atoms with van der Waals surface area (Å²) >= 11 is 0. The summed E-state index contributed by atoms with van der Waals surface area (Å²) in [5.74, 6) is 0. The second-order valence-corrected chi connectivity index (χ2v) is 2.36. The Morgan fingerprint density at radius 3 is 2.78 bits per heavy atom. The average molecular weight is 145 g/mol. The Morgan fingerprint density at radius 2 is 2.22 bits per heavy atom. The predicted molar refractivity (Wildman–Crippen MR) is 38.8 cm³/mol. The molecular weight excluding hydrogens is 132 g/mol. The molecule has 1 aromatic carbocycles. The minimum absolute atomic E-state index is 0.174. The summed E-state index contributed by atoms with van der Waals surface area (Å²) in [5.41, 5.74) is 0. The molecule has 0 amide bonds. The van der Waals surface area contributed by atoms with Crippen molar-refractivity contribution in [2.45, 2.75) is 4.90 Å². The van der Waals surface area contributed by atoms with Gasteiger partial charge in [0.15, 0.2) is 0 Å². The van der Waals surface area contributed by atoms with E-state index in [9.17, 15) is 4.21 Å². The van der Waals surface area contributed by atoms with Crippen LogP contribution in [0.2, 0.25) is 0 Å². The largest absolute Gasteiger partial charge is 0.255 e. The lowest BCUT2D eigenvalue weighted by atomic mass is 10.4. The SMILES string of the molecule is [2H]c1cccc([2H])c1S(=O)C([2H])([2H])[2H]. The summed E-state index contributed by atoms with van der Waals surface area (Å²) in [5, 5.41) is 0. The van der Waals surface area contributed by atoms with Gasteiger partial charge in [-0.1, -0.05) is 18.2 Å². The average Bonchev–Trinajstić information content (AvgIpc) is 2.01. The molecule has 0 saturated heterocycles. The molecule has 0 N–H and O–H groups in total. The lowest BCUT2D eigenvalue weighted by molar-refractivity contribution is 0.687. The normalized spacial score (nSPS) is 22.4. The summed E-state index contributed by atoms with van der Waals surface area (Å²) in [4.78, 5) is -0.229. The van der Waals surface area contributed by atoms with Crippen LogP contribution in [0.3, 0.4) is 0 Å². The van der Waals surface area contributed by atoms with Crippen LogP contribution in [-0.4, -0.2) is 10.4 Å². The quantitative estimate of drug-likeness (QED) is 0.584. The second-order valence-electron chi connectivity index (χ2n) is 1.41. The monoisotopic (exact) mass is 145 g/mol. The van der Waals surface area contributed by atoms with Gasteiger partial charge in [-0.15, -0.1) is 0 Å². The Morgan fingerprint density at radius 1 is 1.56 bits per heavy atom. The smallest absolute Gasteiger partial charge is 0.0635 e. The Hall–Kier alpha value is -0.630. The van der Waals surface area contributed by atoms with Crippen molar-refractivity contribution in [2.75, 3.05) is 6.18 Å². The number of rotatable bonds is 1. The highest BCUT2D eigenvalue weighted by Gasteiger charge is 1.90. The van der Waals surface area contributed by atoms with Gasteiger partial charge in [0.25, 0.3) is 0 Å². The standard InChI is InChI=1S/C7H8OS/c1-9(8)7-5-3-2-4-6-7/h2-6H,1H3/i1D3,5D,6D. The van der Waals surface area contributed by atoms with E-state index in [4.69, 9.17) is 6.85 Å². The van der Waals surface area contributed by atoms with E-state index in [0.717, 1.165) is 0 Å². The van der Waals surface area contributed by atoms with Crippen molar-refractivity contribution in [1.82, 2.24) is 0 Å². The third-order valence-electron chi connectivity index (χ3n) is 0.807. The third-order valence-corrected chi connectivity index (χ3v) is 1.41. The predicted octanol–water partition coefficient (Wildman–Crippen LogP) is 1.42. The summed E-state index contributed by atoms with van der Waals surface area (Å²) < 4.78 is 46.9. The molecule has 1 unspecified atom stereocenters. The van der Waals surface area contributed by atoms with Crippen LogP contribution in [0.1, 0.15) is 6.85 Å². The first kappa shape index (κ1) is 2.54. The Balaban J connectivity index is 3.26. The molecule has 0 heterocycles. The fraction of sp³-hybridized carbons (Fsp3) is 0.143. The molecule has 1 nitrogen and oxygen atoms in total. The number of benzene rings is 1. The van der Waals surface area contributed by atoms with Gasteiger partial charge in [-0.25, -0.2) is 0 Å². The van der Waals surface area contributed by atoms with Crippen LogP contribution < -0.4 is 0 Å². The van der Waals surface area contributed by atoms with Gasteiger partial charge in [0, 0.05) is 26.0 Å². The van der Waals surface area contributed by atoms with Crippen molar-refractivity contribution >= 4 is 10.8 Å². The molecule has 2 heteroatoms. The van der Waals surface area contributed by atoms with Crippen molar-refractivity contribution in [2.24, 2.45) is 0 Å². The highest BCUT2D eigenvalue weighted by atomic mass is 32.2.